The molecule has 0 aliphatic heterocycles. The molecule has 0 fully saturated rings. The van der Waals surface area contributed by atoms with Crippen molar-refractivity contribution in [3.05, 3.63) is 87.0 Å². The number of nitrogens with one attached hydrogen (secondary N) is 1. The van der Waals surface area contributed by atoms with Crippen molar-refractivity contribution in [2.75, 3.05) is 0 Å². The summed E-state index contributed by atoms with van der Waals surface area (Å²) < 4.78 is 29.0. The van der Waals surface area contributed by atoms with Crippen LogP contribution in [-0.4, -0.2) is 8.42 Å². The molecule has 0 saturated carbocycles. The second kappa shape index (κ2) is 6.97. The van der Waals surface area contributed by atoms with Gasteiger partial charge in [0.2, 0.25) is 10.0 Å². The predicted octanol–water partition coefficient (Wildman–Crippen LogP) is 4.58. The summed E-state index contributed by atoms with van der Waals surface area (Å²) >= 11 is 4.84. The molecule has 6 heteroatoms. The maximum atomic E-state index is 12.8. The van der Waals surface area contributed by atoms with Gasteiger partial charge in [-0.2, -0.15) is 4.72 Å². The van der Waals surface area contributed by atoms with E-state index < -0.39 is 16.1 Å². The molecule has 0 amide bonds. The van der Waals surface area contributed by atoms with Crippen LogP contribution in [0.2, 0.25) is 0 Å². The summed E-state index contributed by atoms with van der Waals surface area (Å²) in [6, 6.07) is 19.8. The van der Waals surface area contributed by atoms with E-state index in [1.807, 2.05) is 47.8 Å². The summed E-state index contributed by atoms with van der Waals surface area (Å²) in [6.45, 7) is 0. The topological polar surface area (TPSA) is 46.2 Å². The van der Waals surface area contributed by atoms with E-state index in [0.29, 0.717) is 4.47 Å². The van der Waals surface area contributed by atoms with Gasteiger partial charge in [0.1, 0.15) is 0 Å². The van der Waals surface area contributed by atoms with Gasteiger partial charge in [0.25, 0.3) is 0 Å². The smallest absolute Gasteiger partial charge is 0.207 e. The molecule has 118 valence electrons. The molecule has 0 radical (unpaired) electrons. The molecule has 1 heterocycles. The van der Waals surface area contributed by atoms with E-state index in [2.05, 4.69) is 20.7 Å². The van der Waals surface area contributed by atoms with E-state index in [-0.39, 0.29) is 4.90 Å². The van der Waals surface area contributed by atoms with Crippen LogP contribution in [0.4, 0.5) is 0 Å². The molecule has 1 unspecified atom stereocenters. The van der Waals surface area contributed by atoms with Gasteiger partial charge in [-0.3, -0.25) is 0 Å². The van der Waals surface area contributed by atoms with Crippen molar-refractivity contribution in [3.63, 3.8) is 0 Å². The maximum absolute atomic E-state index is 12.8. The van der Waals surface area contributed by atoms with Crippen LogP contribution in [0.5, 0.6) is 0 Å². The molecular formula is C17H14BrNO2S2. The van der Waals surface area contributed by atoms with Crippen LogP contribution in [0, 0.1) is 0 Å². The molecule has 1 atom stereocenters. The van der Waals surface area contributed by atoms with Gasteiger partial charge >= 0.3 is 0 Å². The summed E-state index contributed by atoms with van der Waals surface area (Å²) in [6.07, 6.45) is 0. The zero-order valence-corrected chi connectivity index (χ0v) is 15.2. The third-order valence-electron chi connectivity index (χ3n) is 3.36. The molecule has 0 saturated heterocycles. The lowest BCUT2D eigenvalue weighted by molar-refractivity contribution is 0.573. The van der Waals surface area contributed by atoms with Crippen molar-refractivity contribution < 1.29 is 8.42 Å². The molecule has 1 aromatic heterocycles. The minimum Gasteiger partial charge on any atom is -0.207 e. The molecule has 3 nitrogen and oxygen atoms in total. The lowest BCUT2D eigenvalue weighted by Crippen LogP contribution is -2.29. The fourth-order valence-corrected chi connectivity index (χ4v) is 5.36. The zero-order valence-electron chi connectivity index (χ0n) is 12.0. The summed E-state index contributed by atoms with van der Waals surface area (Å²) in [5, 5.41) is 1.94. The highest BCUT2D eigenvalue weighted by molar-refractivity contribution is 9.10. The average Bonchev–Trinajstić information content (AvgIpc) is 3.08. The number of sulfonamides is 1. The number of halogens is 1. The van der Waals surface area contributed by atoms with Gasteiger partial charge in [0.15, 0.2) is 0 Å². The van der Waals surface area contributed by atoms with Crippen LogP contribution in [0.25, 0.3) is 0 Å². The standard InChI is InChI=1S/C17H14BrNO2S2/c18-14-9-4-5-11-16(14)23(20,21)19-17(15-10-6-12-22-15)13-7-2-1-3-8-13/h1-12,17,19H. The van der Waals surface area contributed by atoms with E-state index in [9.17, 15) is 8.42 Å². The average molecular weight is 408 g/mol. The second-order valence-electron chi connectivity index (χ2n) is 4.91. The van der Waals surface area contributed by atoms with Crippen molar-refractivity contribution in [2.24, 2.45) is 0 Å². The van der Waals surface area contributed by atoms with Crippen molar-refractivity contribution in [2.45, 2.75) is 10.9 Å². The highest BCUT2D eigenvalue weighted by atomic mass is 79.9. The highest BCUT2D eigenvalue weighted by Crippen LogP contribution is 2.29. The second-order valence-corrected chi connectivity index (χ2v) is 8.43. The van der Waals surface area contributed by atoms with Crippen molar-refractivity contribution in [3.8, 4) is 0 Å². The first-order chi connectivity index (χ1) is 11.1. The molecule has 3 aromatic rings. The fraction of sp³-hybridized carbons (Fsp3) is 0.0588. The summed E-state index contributed by atoms with van der Waals surface area (Å²) in [7, 11) is -3.65. The number of hydrogen-bond donors (Lipinski definition) is 1. The molecule has 23 heavy (non-hydrogen) atoms. The normalized spacial score (nSPS) is 12.9. The molecule has 2 aromatic carbocycles. The Morgan fingerprint density at radius 1 is 0.913 bits per heavy atom. The third kappa shape index (κ3) is 3.72. The molecule has 0 aliphatic carbocycles. The summed E-state index contributed by atoms with van der Waals surface area (Å²) in [4.78, 5) is 1.18. The molecule has 0 spiro atoms. The SMILES string of the molecule is O=S(=O)(NC(c1ccccc1)c1cccs1)c1ccccc1Br. The Kier molecular flexibility index (Phi) is 4.96. The van der Waals surface area contributed by atoms with E-state index in [0.717, 1.165) is 10.4 Å². The van der Waals surface area contributed by atoms with Crippen LogP contribution in [0.3, 0.4) is 0 Å². The Morgan fingerprint density at radius 3 is 2.26 bits per heavy atom. The van der Waals surface area contributed by atoms with Gasteiger partial charge in [-0.05, 0) is 45.1 Å². The van der Waals surface area contributed by atoms with Crippen LogP contribution in [-0.2, 0) is 10.0 Å². The number of benzene rings is 2. The van der Waals surface area contributed by atoms with Gasteiger partial charge < -0.3 is 0 Å². The predicted molar refractivity (Wildman–Crippen MR) is 97.1 cm³/mol. The van der Waals surface area contributed by atoms with Crippen molar-refractivity contribution in [1.82, 2.24) is 4.72 Å². The Bertz CT molecular complexity index is 878. The largest absolute Gasteiger partial charge is 0.242 e. The van der Waals surface area contributed by atoms with Crippen molar-refractivity contribution in [1.29, 1.82) is 0 Å². The Hall–Kier alpha value is -1.47. The van der Waals surface area contributed by atoms with E-state index in [1.165, 1.54) is 11.3 Å². The van der Waals surface area contributed by atoms with Crippen LogP contribution < -0.4 is 4.72 Å². The highest BCUT2D eigenvalue weighted by Gasteiger charge is 2.24. The van der Waals surface area contributed by atoms with Gasteiger partial charge in [-0.25, -0.2) is 8.42 Å². The Morgan fingerprint density at radius 2 is 1.61 bits per heavy atom. The quantitative estimate of drug-likeness (QED) is 0.672. The first-order valence-electron chi connectivity index (χ1n) is 6.93. The molecule has 1 N–H and O–H groups in total. The first-order valence-corrected chi connectivity index (χ1v) is 10.1. The van der Waals surface area contributed by atoms with Gasteiger partial charge in [0, 0.05) is 9.35 Å². The summed E-state index contributed by atoms with van der Waals surface area (Å²) in [5.41, 5.74) is 0.908. The van der Waals surface area contributed by atoms with Crippen LogP contribution in [0.15, 0.2) is 81.5 Å². The van der Waals surface area contributed by atoms with Gasteiger partial charge in [0.05, 0.1) is 10.9 Å². The number of thiophene rings is 1. The van der Waals surface area contributed by atoms with Crippen LogP contribution in [0.1, 0.15) is 16.5 Å². The Labute approximate surface area is 148 Å². The lowest BCUT2D eigenvalue weighted by Gasteiger charge is -2.18. The molecule has 0 bridgehead atoms. The maximum Gasteiger partial charge on any atom is 0.242 e. The minimum atomic E-state index is -3.65. The number of hydrogen-bond acceptors (Lipinski definition) is 3. The van der Waals surface area contributed by atoms with Crippen molar-refractivity contribution >= 4 is 37.3 Å². The molecule has 0 aliphatic rings. The van der Waals surface area contributed by atoms with E-state index in [1.54, 1.807) is 24.3 Å². The van der Waals surface area contributed by atoms with E-state index in [4.69, 9.17) is 0 Å². The monoisotopic (exact) mass is 407 g/mol. The Balaban J connectivity index is 2.01. The fourth-order valence-electron chi connectivity index (χ4n) is 2.27. The van der Waals surface area contributed by atoms with E-state index >= 15 is 0 Å². The zero-order chi connectivity index (χ0) is 16.3. The lowest BCUT2D eigenvalue weighted by atomic mass is 10.1. The number of rotatable bonds is 5. The molecule has 3 rings (SSSR count). The third-order valence-corrected chi connectivity index (χ3v) is 6.73. The van der Waals surface area contributed by atoms with Crippen LogP contribution >= 0.6 is 27.3 Å². The van der Waals surface area contributed by atoms with Gasteiger partial charge in [-0.15, -0.1) is 11.3 Å². The first kappa shape index (κ1) is 16.4. The summed E-state index contributed by atoms with van der Waals surface area (Å²) in [5.74, 6) is 0. The van der Waals surface area contributed by atoms with Gasteiger partial charge in [-0.1, -0.05) is 48.5 Å². The molecular weight excluding hydrogens is 394 g/mol. The minimum absolute atomic E-state index is 0.234.